The van der Waals surface area contributed by atoms with Crippen molar-refractivity contribution in [1.29, 1.82) is 0 Å². The van der Waals surface area contributed by atoms with Gasteiger partial charge in [0.2, 0.25) is 0 Å². The number of hydrogen-bond donors (Lipinski definition) is 0. The molecule has 0 unspecified atom stereocenters. The van der Waals surface area contributed by atoms with E-state index in [0.717, 1.165) is 23.9 Å². The molecular formula is C9H7F5OS. The summed E-state index contributed by atoms with van der Waals surface area (Å²) in [7, 11) is 0. The van der Waals surface area contributed by atoms with Crippen LogP contribution in [-0.2, 0) is 6.18 Å². The Kier molecular flexibility index (Phi) is 4.01. The molecule has 0 N–H and O–H groups in total. The molecule has 0 saturated carbocycles. The molecule has 0 aliphatic carbocycles. The highest BCUT2D eigenvalue weighted by atomic mass is 32.2. The zero-order valence-electron chi connectivity index (χ0n) is 8.02. The van der Waals surface area contributed by atoms with Crippen molar-refractivity contribution < 1.29 is 26.7 Å². The molecule has 0 saturated heterocycles. The van der Waals surface area contributed by atoms with Gasteiger partial charge in [-0.1, -0.05) is 0 Å². The van der Waals surface area contributed by atoms with Gasteiger partial charge in [-0.15, -0.1) is 11.8 Å². The second-order valence-corrected chi connectivity index (χ2v) is 3.65. The number of benzene rings is 1. The summed E-state index contributed by atoms with van der Waals surface area (Å²) in [6.07, 6.45) is -3.03. The first-order chi connectivity index (χ1) is 7.32. The predicted molar refractivity (Wildman–Crippen MR) is 49.9 cm³/mol. The topological polar surface area (TPSA) is 9.23 Å². The van der Waals surface area contributed by atoms with Gasteiger partial charge < -0.3 is 4.74 Å². The van der Waals surface area contributed by atoms with Crippen LogP contribution in [-0.4, -0.2) is 12.9 Å². The Bertz CT molecular complexity index is 363. The van der Waals surface area contributed by atoms with Crippen LogP contribution in [0.2, 0.25) is 0 Å². The molecule has 16 heavy (non-hydrogen) atoms. The number of rotatable bonds is 3. The molecule has 1 rings (SSSR count). The number of alkyl halides is 5. The van der Waals surface area contributed by atoms with Crippen molar-refractivity contribution in [2.24, 2.45) is 0 Å². The molecule has 0 atom stereocenters. The van der Waals surface area contributed by atoms with Crippen molar-refractivity contribution in [3.05, 3.63) is 23.8 Å². The van der Waals surface area contributed by atoms with Crippen LogP contribution in [0.15, 0.2) is 23.1 Å². The van der Waals surface area contributed by atoms with Gasteiger partial charge in [0.05, 0.1) is 5.56 Å². The minimum atomic E-state index is -4.58. The molecule has 0 aliphatic rings. The number of ether oxygens (including phenoxy) is 1. The normalized spacial score (nSPS) is 11.9. The quantitative estimate of drug-likeness (QED) is 0.598. The second-order valence-electron chi connectivity index (χ2n) is 2.77. The molecule has 0 bridgehead atoms. The minimum absolute atomic E-state index is 0.213. The molecule has 7 heteroatoms. The number of thioether (sulfide) groups is 1. The van der Waals surface area contributed by atoms with E-state index in [1.54, 1.807) is 6.26 Å². The first-order valence-corrected chi connectivity index (χ1v) is 5.26. The van der Waals surface area contributed by atoms with Gasteiger partial charge in [-0.3, -0.25) is 0 Å². The molecule has 0 aromatic heterocycles. The maximum Gasteiger partial charge on any atom is 0.416 e. The molecule has 1 aromatic carbocycles. The van der Waals surface area contributed by atoms with Crippen molar-refractivity contribution in [2.45, 2.75) is 17.7 Å². The molecule has 0 aliphatic heterocycles. The van der Waals surface area contributed by atoms with Crippen LogP contribution in [0.3, 0.4) is 0 Å². The Morgan fingerprint density at radius 2 is 1.81 bits per heavy atom. The average Bonchev–Trinajstić information content (AvgIpc) is 2.14. The smallest absolute Gasteiger partial charge is 0.416 e. The summed E-state index contributed by atoms with van der Waals surface area (Å²) in [5.74, 6) is -0.492. The molecule has 1 aromatic rings. The molecule has 0 fully saturated rings. The third kappa shape index (κ3) is 3.55. The molecule has 0 heterocycles. The van der Waals surface area contributed by atoms with Gasteiger partial charge in [-0.05, 0) is 24.5 Å². The lowest BCUT2D eigenvalue weighted by molar-refractivity contribution is -0.138. The van der Waals surface area contributed by atoms with Gasteiger partial charge in [-0.2, -0.15) is 22.0 Å². The molecule has 0 amide bonds. The van der Waals surface area contributed by atoms with E-state index in [1.807, 2.05) is 0 Å². The molecule has 0 spiro atoms. The molecular weight excluding hydrogens is 251 g/mol. The van der Waals surface area contributed by atoms with Gasteiger partial charge in [0.1, 0.15) is 5.75 Å². The van der Waals surface area contributed by atoms with Crippen LogP contribution in [0.25, 0.3) is 0 Å². The standard InChI is InChI=1S/C9H7F5OS/c1-16-7-3-5(9(12,13)14)2-6(4-7)15-8(10)11/h2-4,8H,1H3. The lowest BCUT2D eigenvalue weighted by atomic mass is 10.2. The summed E-state index contributed by atoms with van der Waals surface area (Å²) >= 11 is 1.02. The first-order valence-electron chi connectivity index (χ1n) is 4.04. The lowest BCUT2D eigenvalue weighted by Gasteiger charge is -2.11. The van der Waals surface area contributed by atoms with Gasteiger partial charge in [0, 0.05) is 4.90 Å². The molecule has 0 radical (unpaired) electrons. The van der Waals surface area contributed by atoms with Crippen molar-refractivity contribution in [2.75, 3.05) is 6.26 Å². The molecule has 90 valence electrons. The summed E-state index contributed by atoms with van der Waals surface area (Å²) in [6, 6.07) is 2.56. The highest BCUT2D eigenvalue weighted by Crippen LogP contribution is 2.35. The fraction of sp³-hybridized carbons (Fsp3) is 0.333. The summed E-state index contributed by atoms with van der Waals surface area (Å²) < 4.78 is 64.8. The van der Waals surface area contributed by atoms with Gasteiger partial charge in [-0.25, -0.2) is 0 Å². The third-order valence-corrected chi connectivity index (χ3v) is 2.38. The Balaban J connectivity index is 3.11. The fourth-order valence-corrected chi connectivity index (χ4v) is 1.50. The predicted octanol–water partition coefficient (Wildman–Crippen LogP) is 4.03. The van der Waals surface area contributed by atoms with Crippen LogP contribution in [0.5, 0.6) is 5.75 Å². The van der Waals surface area contributed by atoms with Gasteiger partial charge >= 0.3 is 12.8 Å². The first kappa shape index (κ1) is 13.1. The van der Waals surface area contributed by atoms with E-state index in [9.17, 15) is 22.0 Å². The number of hydrogen-bond acceptors (Lipinski definition) is 2. The van der Waals surface area contributed by atoms with Gasteiger partial charge in [0.25, 0.3) is 0 Å². The largest absolute Gasteiger partial charge is 0.435 e. The SMILES string of the molecule is CSc1cc(OC(F)F)cc(C(F)(F)F)c1. The van der Waals surface area contributed by atoms with E-state index in [1.165, 1.54) is 0 Å². The maximum absolute atomic E-state index is 12.4. The van der Waals surface area contributed by atoms with E-state index in [2.05, 4.69) is 4.74 Å². The van der Waals surface area contributed by atoms with Crippen LogP contribution in [0.1, 0.15) is 5.56 Å². The fourth-order valence-electron chi connectivity index (χ4n) is 1.02. The number of halogens is 5. The van der Waals surface area contributed by atoms with E-state index in [4.69, 9.17) is 0 Å². The van der Waals surface area contributed by atoms with Crippen LogP contribution in [0, 0.1) is 0 Å². The Labute approximate surface area is 92.6 Å². The van der Waals surface area contributed by atoms with Crippen LogP contribution < -0.4 is 4.74 Å². The highest BCUT2D eigenvalue weighted by molar-refractivity contribution is 7.98. The zero-order chi connectivity index (χ0) is 12.3. The summed E-state index contributed by atoms with van der Waals surface area (Å²) in [6.45, 7) is -3.14. The highest BCUT2D eigenvalue weighted by Gasteiger charge is 2.31. The van der Waals surface area contributed by atoms with Crippen molar-refractivity contribution in [3.63, 3.8) is 0 Å². The summed E-state index contributed by atoms with van der Waals surface area (Å²) in [5, 5.41) is 0. The van der Waals surface area contributed by atoms with Gasteiger partial charge in [0.15, 0.2) is 0 Å². The van der Waals surface area contributed by atoms with E-state index in [-0.39, 0.29) is 4.90 Å². The third-order valence-electron chi connectivity index (χ3n) is 1.67. The second kappa shape index (κ2) is 4.90. The van der Waals surface area contributed by atoms with Crippen molar-refractivity contribution in [3.8, 4) is 5.75 Å². The van der Waals surface area contributed by atoms with E-state index in [0.29, 0.717) is 6.07 Å². The average molecular weight is 258 g/mol. The van der Waals surface area contributed by atoms with E-state index < -0.39 is 24.1 Å². The lowest BCUT2D eigenvalue weighted by Crippen LogP contribution is -2.07. The molecule has 1 nitrogen and oxygen atoms in total. The zero-order valence-corrected chi connectivity index (χ0v) is 8.83. The van der Waals surface area contributed by atoms with Crippen LogP contribution in [0.4, 0.5) is 22.0 Å². The Hall–Kier alpha value is -0.980. The Morgan fingerprint density at radius 1 is 1.19 bits per heavy atom. The van der Waals surface area contributed by atoms with Crippen molar-refractivity contribution >= 4 is 11.8 Å². The minimum Gasteiger partial charge on any atom is -0.435 e. The van der Waals surface area contributed by atoms with Crippen LogP contribution >= 0.6 is 11.8 Å². The summed E-state index contributed by atoms with van der Waals surface area (Å²) in [4.78, 5) is 0.213. The monoisotopic (exact) mass is 258 g/mol. The Morgan fingerprint density at radius 3 is 2.25 bits per heavy atom. The summed E-state index contributed by atoms with van der Waals surface area (Å²) in [5.41, 5.74) is -1.00. The van der Waals surface area contributed by atoms with Crippen molar-refractivity contribution in [1.82, 2.24) is 0 Å². The van der Waals surface area contributed by atoms with E-state index >= 15 is 0 Å². The maximum atomic E-state index is 12.4.